The number of hydroxylamine groups is 1. The number of nitrogens with zero attached hydrogens (tertiary/aromatic N) is 1. The molecule has 25 nitrogen and oxygen atoms in total. The largest absolute Gasteiger partial charge is 0.492 e. The summed E-state index contributed by atoms with van der Waals surface area (Å²) in [6.07, 6.45) is -8.87. The van der Waals surface area contributed by atoms with E-state index in [1.807, 2.05) is 26.8 Å². The lowest BCUT2D eigenvalue weighted by atomic mass is 9.74. The number of aliphatic hydroxyl groups excluding tert-OH is 4. The SMILES string of the molecule is CCN(C(C)=O)C1COC(OC2C(CO[C@H]3C#C/C=C\[C@]4(O)CC(=O)C(NC(=O)OC)=C3/C4=C\CSSSCC(N)=O)OCC(NOC3CC(O)C(SCc4cc(I)c(OC5CC(C)C(O)C(OC)C5O)c(OC)c4OC)C(C)O3)C2O)CC1OC. The van der Waals surface area contributed by atoms with Crippen LogP contribution >= 0.6 is 65.8 Å². The van der Waals surface area contributed by atoms with E-state index in [-0.39, 0.29) is 72.8 Å². The molecule has 4 fully saturated rings. The minimum Gasteiger partial charge on any atom is -0.492 e. The molecular formula is C56H79IN4O21S4. The highest BCUT2D eigenvalue weighted by molar-refractivity contribution is 14.1. The van der Waals surface area contributed by atoms with E-state index in [2.05, 4.69) is 45.2 Å². The summed E-state index contributed by atoms with van der Waals surface area (Å²) in [6.45, 7) is 6.94. The van der Waals surface area contributed by atoms with E-state index in [9.17, 15) is 44.7 Å². The van der Waals surface area contributed by atoms with Gasteiger partial charge in [-0.2, -0.15) is 5.48 Å². The number of aliphatic hydroxyl groups is 5. The zero-order valence-corrected chi connectivity index (χ0v) is 54.6. The van der Waals surface area contributed by atoms with Crippen LogP contribution in [0.2, 0.25) is 0 Å². The Morgan fingerprint density at radius 1 is 0.942 bits per heavy atom. The van der Waals surface area contributed by atoms with E-state index in [4.69, 9.17) is 62.7 Å². The number of ether oxygens (including phenoxy) is 11. The molecule has 3 aliphatic heterocycles. The number of rotatable bonds is 26. The van der Waals surface area contributed by atoms with Crippen molar-refractivity contribution in [3.63, 3.8) is 0 Å². The highest BCUT2D eigenvalue weighted by atomic mass is 127. The van der Waals surface area contributed by atoms with Gasteiger partial charge in [0.25, 0.3) is 0 Å². The summed E-state index contributed by atoms with van der Waals surface area (Å²) < 4.78 is 67.1. The number of amides is 3. The Bertz CT molecular complexity index is 2680. The van der Waals surface area contributed by atoms with E-state index in [0.29, 0.717) is 39.5 Å². The van der Waals surface area contributed by atoms with Crippen LogP contribution in [0.15, 0.2) is 41.1 Å². The molecule has 16 unspecified atom stereocenters. The molecule has 3 amide bonds. The normalized spacial score (nSPS) is 34.5. The number of nitrogens with two attached hydrogens (primary N) is 1. The van der Waals surface area contributed by atoms with Gasteiger partial charge in [0.1, 0.15) is 48.3 Å². The van der Waals surface area contributed by atoms with Gasteiger partial charge in [0.2, 0.25) is 17.6 Å². The number of carbonyl (C=O) groups is 4. The molecule has 86 heavy (non-hydrogen) atoms. The number of nitrogens with one attached hydrogen (secondary N) is 2. The first-order valence-corrected chi connectivity index (χ1v) is 33.8. The van der Waals surface area contributed by atoms with Crippen LogP contribution < -0.4 is 30.7 Å². The Hall–Kier alpha value is -3.15. The van der Waals surface area contributed by atoms with Crippen LogP contribution in [0, 0.1) is 21.3 Å². The van der Waals surface area contributed by atoms with Gasteiger partial charge < -0.3 is 88.3 Å². The number of primary amides is 1. The van der Waals surface area contributed by atoms with Crippen molar-refractivity contribution in [2.24, 2.45) is 11.7 Å². The number of ketones is 1. The summed E-state index contributed by atoms with van der Waals surface area (Å²) in [5.41, 5.74) is 7.17. The van der Waals surface area contributed by atoms with E-state index in [0.717, 1.165) is 12.7 Å². The first kappa shape index (κ1) is 70.3. The number of thioether (sulfide) groups is 1. The minimum absolute atomic E-state index is 0.0316. The van der Waals surface area contributed by atoms with Crippen molar-refractivity contribution >= 4 is 89.5 Å². The number of halogens is 1. The molecule has 3 heterocycles. The van der Waals surface area contributed by atoms with E-state index >= 15 is 0 Å². The Labute approximate surface area is 529 Å². The van der Waals surface area contributed by atoms with Gasteiger partial charge in [0.15, 0.2) is 29.9 Å². The average Bonchev–Trinajstić information content (AvgIpc) is 0.945. The Morgan fingerprint density at radius 3 is 2.36 bits per heavy atom. The van der Waals surface area contributed by atoms with Crippen LogP contribution in [0.1, 0.15) is 58.9 Å². The van der Waals surface area contributed by atoms with Crippen molar-refractivity contribution in [1.82, 2.24) is 15.7 Å². The number of fused-ring (bicyclic) bond motifs is 2. The topological polar surface area (TPSA) is 334 Å². The monoisotopic (exact) mass is 1400 g/mol. The van der Waals surface area contributed by atoms with Gasteiger partial charge in [-0.15, -0.1) is 11.8 Å². The van der Waals surface area contributed by atoms with Crippen molar-refractivity contribution in [2.75, 3.05) is 73.4 Å². The van der Waals surface area contributed by atoms with Crippen LogP contribution in [0.3, 0.4) is 0 Å². The first-order valence-electron chi connectivity index (χ1n) is 27.9. The van der Waals surface area contributed by atoms with Crippen LogP contribution in [-0.2, 0) is 62.9 Å². The molecule has 1 aromatic carbocycles. The molecule has 0 radical (unpaired) electrons. The molecule has 0 aromatic heterocycles. The summed E-state index contributed by atoms with van der Waals surface area (Å²) in [6, 6.07) is 0.485. The van der Waals surface area contributed by atoms with E-state index in [1.54, 1.807) is 11.0 Å². The van der Waals surface area contributed by atoms with Crippen molar-refractivity contribution in [3.8, 4) is 29.1 Å². The number of hydrogen-bond acceptors (Lipinski definition) is 26. The second-order valence-corrected chi connectivity index (χ2v) is 27.8. The van der Waals surface area contributed by atoms with Gasteiger partial charge in [-0.25, -0.2) is 4.79 Å². The van der Waals surface area contributed by atoms with Crippen molar-refractivity contribution in [2.45, 2.75) is 162 Å². The van der Waals surface area contributed by atoms with Gasteiger partial charge >= 0.3 is 6.09 Å². The van der Waals surface area contributed by atoms with Gasteiger partial charge in [0, 0.05) is 69.6 Å². The molecule has 480 valence electrons. The fourth-order valence-corrected chi connectivity index (χ4v) is 16.4. The highest BCUT2D eigenvalue weighted by Gasteiger charge is 2.49. The fourth-order valence-electron chi connectivity index (χ4n) is 11.3. The average molecular weight is 1400 g/mol. The smallest absolute Gasteiger partial charge is 0.411 e. The summed E-state index contributed by atoms with van der Waals surface area (Å²) in [7, 11) is 11.0. The number of benzene rings is 1. The number of hydrogen-bond donors (Lipinski definition) is 8. The Kier molecular flexibility index (Phi) is 26.8. The summed E-state index contributed by atoms with van der Waals surface area (Å²) in [5.74, 6) is 6.18. The maximum atomic E-state index is 13.9. The molecule has 9 N–H and O–H groups in total. The molecule has 3 saturated heterocycles. The zero-order chi connectivity index (χ0) is 62.6. The number of methoxy groups -OCH3 is 5. The van der Waals surface area contributed by atoms with Crippen molar-refractivity contribution in [1.29, 1.82) is 0 Å². The molecule has 1 saturated carbocycles. The van der Waals surface area contributed by atoms with E-state index < -0.39 is 127 Å². The van der Waals surface area contributed by atoms with E-state index in [1.165, 1.54) is 90.7 Å². The molecule has 1 aromatic rings. The van der Waals surface area contributed by atoms with Crippen LogP contribution in [0.4, 0.5) is 4.79 Å². The molecule has 3 aliphatic carbocycles. The van der Waals surface area contributed by atoms with Crippen molar-refractivity contribution in [3.05, 3.63) is 50.3 Å². The lowest BCUT2D eigenvalue weighted by Gasteiger charge is -2.45. The Balaban J connectivity index is 1.06. The number of Topliss-reactive ketones (excluding diaryl/α,β-unsaturated/α-hetero) is 1. The predicted octanol–water partition coefficient (Wildman–Crippen LogP) is 2.68. The highest BCUT2D eigenvalue weighted by Crippen LogP contribution is 2.48. The van der Waals surface area contributed by atoms with Gasteiger partial charge in [-0.3, -0.25) is 24.5 Å². The molecule has 0 spiro atoms. The Morgan fingerprint density at radius 2 is 1.70 bits per heavy atom. The molecule has 18 atom stereocenters. The van der Waals surface area contributed by atoms with Gasteiger partial charge in [-0.1, -0.05) is 46.4 Å². The fraction of sp³-hybridized carbons (Fsp3) is 0.679. The molecular weight excluding hydrogens is 1320 g/mol. The summed E-state index contributed by atoms with van der Waals surface area (Å²) in [5, 5.41) is 59.9. The summed E-state index contributed by atoms with van der Waals surface area (Å²) >= 11 is 3.58. The van der Waals surface area contributed by atoms with Crippen LogP contribution in [0.5, 0.6) is 17.2 Å². The lowest BCUT2D eigenvalue weighted by molar-refractivity contribution is -0.290. The van der Waals surface area contributed by atoms with Crippen LogP contribution in [0.25, 0.3) is 0 Å². The minimum atomic E-state index is -1.87. The number of likely N-dealkylation sites (N-methyl/N-ethyl adjacent to an activating group) is 1. The maximum absolute atomic E-state index is 13.9. The standard InChI is InChI=1S/C56H79IN4O21S4/c1-10-61(29(4)62)34-23-78-42(20-38(34)71-5)81-51-40(24-77-37-13-11-12-15-56(70)21-36(64)45(59-55(69)75-9)44(37)31(56)14-16-84-86-85-26-41(58)65)76-22-33(47(51)67)60-82-43-19-35(63)54(28(3)79-43)83-25-30-18-32(57)50(53(74-8)49(30)72-6)80-39-17-27(2)46(66)52(73-7)48(39)68/h12,14-15,18,27-28,33-35,37-40,42-43,46-48,51-52,54,60,63,66-68,70H,10,16-17,19-26H2,1-9H3,(H2,58,65)(H,59,69)/b15-12-,31-14+/t27?,28?,33?,34?,35?,37-,38?,39?,40?,42?,43?,46?,47?,48?,51?,52?,54?,56-/m0/s1. The molecule has 6 aliphatic rings. The third kappa shape index (κ3) is 17.1. The second kappa shape index (κ2) is 32.7. The molecule has 2 bridgehead atoms. The lowest BCUT2D eigenvalue weighted by Crippen LogP contribution is -2.62. The van der Waals surface area contributed by atoms with Gasteiger partial charge in [-0.05, 0) is 82.4 Å². The van der Waals surface area contributed by atoms with Crippen LogP contribution in [-0.4, -0.2) is 230 Å². The number of carbonyl (C=O) groups excluding carboxylic acids is 4. The number of alkyl carbamates (subject to hydrolysis) is 1. The third-order valence-electron chi connectivity index (χ3n) is 15.7. The molecule has 7 rings (SSSR count). The second-order valence-electron chi connectivity index (χ2n) is 21.2. The summed E-state index contributed by atoms with van der Waals surface area (Å²) in [4.78, 5) is 58.4. The molecule has 30 heteroatoms. The predicted molar refractivity (Wildman–Crippen MR) is 328 cm³/mol. The van der Waals surface area contributed by atoms with Crippen molar-refractivity contribution < 1.29 is 102 Å². The zero-order valence-electron chi connectivity index (χ0n) is 49.2. The van der Waals surface area contributed by atoms with Gasteiger partial charge in [0.05, 0.1) is 97.9 Å². The number of allylic oxidation sites excluding steroid dienone is 2. The quantitative estimate of drug-likeness (QED) is 0.0217. The maximum Gasteiger partial charge on any atom is 0.411 e. The first-order chi connectivity index (χ1) is 41.1. The third-order valence-corrected chi connectivity index (χ3v) is 22.0.